The van der Waals surface area contributed by atoms with Gasteiger partial charge in [-0.1, -0.05) is 11.6 Å². The highest BCUT2D eigenvalue weighted by Gasteiger charge is 2.16. The number of nitrogens with one attached hydrogen (secondary N) is 1. The van der Waals surface area contributed by atoms with Crippen molar-refractivity contribution in [2.75, 3.05) is 11.1 Å². The van der Waals surface area contributed by atoms with E-state index in [4.69, 9.17) is 17.3 Å². The molecule has 0 radical (unpaired) electrons. The lowest BCUT2D eigenvalue weighted by Gasteiger charge is -2.05. The number of imidazole rings is 1. The van der Waals surface area contributed by atoms with E-state index >= 15 is 0 Å². The van der Waals surface area contributed by atoms with Gasteiger partial charge in [0.05, 0.1) is 11.0 Å². The summed E-state index contributed by atoms with van der Waals surface area (Å²) in [6, 6.07) is 5.32. The summed E-state index contributed by atoms with van der Waals surface area (Å²) in [6.45, 7) is 0. The first kappa shape index (κ1) is 13.3. The summed E-state index contributed by atoms with van der Waals surface area (Å²) in [5, 5.41) is 3.24. The molecule has 3 aromatic rings. The quantitative estimate of drug-likeness (QED) is 0.752. The lowest BCUT2D eigenvalue weighted by Crippen LogP contribution is -2.18. The number of carbonyl (C=O) groups excluding carboxylic acids is 1. The van der Waals surface area contributed by atoms with Crippen molar-refractivity contribution in [1.82, 2.24) is 19.5 Å². The number of nitrogens with two attached hydrogens (primary N) is 1. The highest BCUT2D eigenvalue weighted by molar-refractivity contribution is 6.31. The molecule has 106 valence electrons. The molecule has 2 heterocycles. The van der Waals surface area contributed by atoms with E-state index in [9.17, 15) is 4.79 Å². The summed E-state index contributed by atoms with van der Waals surface area (Å²) in [5.74, 6) is -0.0239. The smallest absolute Gasteiger partial charge is 0.280 e. The molecule has 0 aliphatic heterocycles. The maximum Gasteiger partial charge on any atom is 0.280 e. The third-order valence-corrected chi connectivity index (χ3v) is 3.24. The molecular weight excluding hydrogens is 292 g/mol. The van der Waals surface area contributed by atoms with Crippen LogP contribution < -0.4 is 11.1 Å². The van der Waals surface area contributed by atoms with Crippen LogP contribution in [0.1, 0.15) is 10.5 Å². The van der Waals surface area contributed by atoms with E-state index in [2.05, 4.69) is 20.3 Å². The second kappa shape index (κ2) is 5.02. The van der Waals surface area contributed by atoms with Gasteiger partial charge in [-0.05, 0) is 18.2 Å². The van der Waals surface area contributed by atoms with Crippen molar-refractivity contribution in [3.63, 3.8) is 0 Å². The monoisotopic (exact) mass is 302 g/mol. The van der Waals surface area contributed by atoms with Crippen molar-refractivity contribution < 1.29 is 4.79 Å². The fourth-order valence-electron chi connectivity index (χ4n) is 1.97. The van der Waals surface area contributed by atoms with Crippen LogP contribution in [0.5, 0.6) is 0 Å². The number of rotatable bonds is 2. The van der Waals surface area contributed by atoms with Gasteiger partial charge in [0.1, 0.15) is 0 Å². The lowest BCUT2D eigenvalue weighted by molar-refractivity contribution is 0.102. The Bertz CT molecular complexity index is 844. The number of amides is 1. The fourth-order valence-corrected chi connectivity index (χ4v) is 2.14. The van der Waals surface area contributed by atoms with Gasteiger partial charge in [-0.15, -0.1) is 0 Å². The van der Waals surface area contributed by atoms with Crippen molar-refractivity contribution >= 4 is 40.3 Å². The van der Waals surface area contributed by atoms with Crippen LogP contribution in [0, 0.1) is 0 Å². The number of aryl methyl sites for hydroxylation is 1. The minimum atomic E-state index is -0.467. The van der Waals surface area contributed by atoms with Gasteiger partial charge in [-0.25, -0.2) is 15.0 Å². The zero-order valence-corrected chi connectivity index (χ0v) is 11.8. The van der Waals surface area contributed by atoms with Crippen LogP contribution in [0.3, 0.4) is 0 Å². The number of halogens is 1. The highest BCUT2D eigenvalue weighted by atomic mass is 35.5. The zero-order valence-electron chi connectivity index (χ0n) is 11.0. The van der Waals surface area contributed by atoms with Gasteiger partial charge in [0.25, 0.3) is 5.91 Å². The van der Waals surface area contributed by atoms with E-state index in [1.165, 1.54) is 12.4 Å². The first-order valence-electron chi connectivity index (χ1n) is 6.06. The molecule has 0 fully saturated rings. The summed E-state index contributed by atoms with van der Waals surface area (Å²) < 4.78 is 1.75. The summed E-state index contributed by atoms with van der Waals surface area (Å²) in [5.41, 5.74) is 7.22. The van der Waals surface area contributed by atoms with Crippen molar-refractivity contribution in [3.05, 3.63) is 41.3 Å². The predicted octanol–water partition coefficient (Wildman–Crippen LogP) is 1.85. The molecule has 0 spiro atoms. The molecule has 3 rings (SSSR count). The van der Waals surface area contributed by atoms with Crippen LogP contribution in [0.2, 0.25) is 5.02 Å². The topological polar surface area (TPSA) is 98.7 Å². The molecular formula is C13H11ClN6O. The number of nitrogen functional groups attached to an aromatic ring is 1. The number of anilines is 2. The van der Waals surface area contributed by atoms with Gasteiger partial charge in [-0.3, -0.25) is 10.1 Å². The van der Waals surface area contributed by atoms with E-state index < -0.39 is 5.91 Å². The first-order chi connectivity index (χ1) is 10.1. The van der Waals surface area contributed by atoms with Crippen LogP contribution in [0.25, 0.3) is 11.0 Å². The number of hydrogen-bond acceptors (Lipinski definition) is 5. The Labute approximate surface area is 124 Å². The summed E-state index contributed by atoms with van der Waals surface area (Å²) in [7, 11) is 1.79. The number of fused-ring (bicyclic) bond motifs is 1. The highest BCUT2D eigenvalue weighted by Crippen LogP contribution is 2.22. The molecule has 0 atom stereocenters. The van der Waals surface area contributed by atoms with Gasteiger partial charge in [0.15, 0.2) is 11.5 Å². The van der Waals surface area contributed by atoms with E-state index in [0.29, 0.717) is 16.5 Å². The number of carbonyl (C=O) groups is 1. The third kappa shape index (κ3) is 2.38. The maximum atomic E-state index is 12.2. The van der Waals surface area contributed by atoms with Crippen molar-refractivity contribution in [2.45, 2.75) is 0 Å². The Morgan fingerprint density at radius 1 is 1.33 bits per heavy atom. The van der Waals surface area contributed by atoms with Gasteiger partial charge >= 0.3 is 0 Å². The molecule has 0 saturated heterocycles. The first-order valence-corrected chi connectivity index (χ1v) is 6.44. The number of aromatic nitrogens is 4. The molecule has 0 bridgehead atoms. The molecule has 0 aliphatic rings. The number of benzene rings is 1. The molecule has 0 saturated carbocycles. The zero-order chi connectivity index (χ0) is 15.0. The molecule has 7 nitrogen and oxygen atoms in total. The number of hydrogen-bond donors (Lipinski definition) is 2. The van der Waals surface area contributed by atoms with Crippen LogP contribution in [-0.4, -0.2) is 25.4 Å². The van der Waals surface area contributed by atoms with E-state index in [-0.39, 0.29) is 11.5 Å². The molecule has 2 aromatic heterocycles. The van der Waals surface area contributed by atoms with Crippen LogP contribution in [0.4, 0.5) is 11.8 Å². The minimum absolute atomic E-state index is 0.0580. The minimum Gasteiger partial charge on any atom is -0.382 e. The second-order valence-electron chi connectivity index (χ2n) is 4.37. The van der Waals surface area contributed by atoms with Crippen molar-refractivity contribution in [2.24, 2.45) is 7.05 Å². The van der Waals surface area contributed by atoms with Gasteiger partial charge in [0.2, 0.25) is 5.95 Å². The standard InChI is InChI=1S/C13H11ClN6O/c1-20-9-3-2-7(14)6-8(9)18-13(20)19-12(21)10-11(15)17-5-4-16-10/h2-6H,1H3,(H2,15,17)(H,18,19,21). The Morgan fingerprint density at radius 3 is 2.86 bits per heavy atom. The molecule has 1 aromatic carbocycles. The van der Waals surface area contributed by atoms with Gasteiger partial charge in [0, 0.05) is 24.5 Å². The van der Waals surface area contributed by atoms with Gasteiger partial charge in [-0.2, -0.15) is 0 Å². The molecule has 21 heavy (non-hydrogen) atoms. The molecule has 0 unspecified atom stereocenters. The SMILES string of the molecule is Cn1c(NC(=O)c2nccnc2N)nc2cc(Cl)ccc21. The predicted molar refractivity (Wildman–Crippen MR) is 80.1 cm³/mol. The summed E-state index contributed by atoms with van der Waals surface area (Å²) in [4.78, 5) is 24.2. The van der Waals surface area contributed by atoms with E-state index in [1.807, 2.05) is 6.07 Å². The maximum absolute atomic E-state index is 12.2. The van der Waals surface area contributed by atoms with E-state index in [0.717, 1.165) is 5.52 Å². The molecule has 3 N–H and O–H groups in total. The fraction of sp³-hybridized carbons (Fsp3) is 0.0769. The second-order valence-corrected chi connectivity index (χ2v) is 4.81. The number of nitrogens with zero attached hydrogens (tertiary/aromatic N) is 4. The Kier molecular flexibility index (Phi) is 3.19. The Morgan fingerprint density at radius 2 is 2.10 bits per heavy atom. The average Bonchev–Trinajstić information content (AvgIpc) is 2.75. The molecule has 8 heteroatoms. The van der Waals surface area contributed by atoms with Crippen LogP contribution in [-0.2, 0) is 7.05 Å². The Balaban J connectivity index is 1.97. The van der Waals surface area contributed by atoms with Crippen molar-refractivity contribution in [3.8, 4) is 0 Å². The van der Waals surface area contributed by atoms with Gasteiger partial charge < -0.3 is 10.3 Å². The van der Waals surface area contributed by atoms with E-state index in [1.54, 1.807) is 23.7 Å². The Hall–Kier alpha value is -2.67. The lowest BCUT2D eigenvalue weighted by atomic mass is 10.3. The average molecular weight is 303 g/mol. The largest absolute Gasteiger partial charge is 0.382 e. The third-order valence-electron chi connectivity index (χ3n) is 3.01. The van der Waals surface area contributed by atoms with Crippen LogP contribution in [0.15, 0.2) is 30.6 Å². The normalized spacial score (nSPS) is 10.8. The van der Waals surface area contributed by atoms with Crippen LogP contribution >= 0.6 is 11.6 Å². The summed E-state index contributed by atoms with van der Waals surface area (Å²) in [6.07, 6.45) is 2.82. The summed E-state index contributed by atoms with van der Waals surface area (Å²) >= 11 is 5.93. The van der Waals surface area contributed by atoms with Crippen molar-refractivity contribution in [1.29, 1.82) is 0 Å². The molecule has 0 aliphatic carbocycles. The molecule has 1 amide bonds.